The number of rotatable bonds is 3. The van der Waals surface area contributed by atoms with E-state index in [9.17, 15) is 9.59 Å². The number of carbonyl (C=O) groups is 2. The van der Waals surface area contributed by atoms with Crippen LogP contribution in [-0.2, 0) is 14.3 Å². The molecule has 4 aliphatic rings. The maximum atomic E-state index is 13.2. The van der Waals surface area contributed by atoms with E-state index in [1.165, 1.54) is 6.42 Å². The van der Waals surface area contributed by atoms with Crippen molar-refractivity contribution < 1.29 is 19.1 Å². The van der Waals surface area contributed by atoms with Gasteiger partial charge in [0.1, 0.15) is 6.10 Å². The molecule has 2 aliphatic carbocycles. The van der Waals surface area contributed by atoms with Gasteiger partial charge in [0.25, 0.3) is 0 Å². The van der Waals surface area contributed by atoms with Crippen LogP contribution in [0, 0.1) is 11.8 Å². The van der Waals surface area contributed by atoms with E-state index in [4.69, 9.17) is 9.47 Å². The number of benzene rings is 1. The second kappa shape index (κ2) is 7.33. The van der Waals surface area contributed by atoms with Gasteiger partial charge < -0.3 is 14.4 Å². The fourth-order valence-corrected chi connectivity index (χ4v) is 5.48. The number of amides is 2. The smallest absolute Gasteiger partial charge is 0.414 e. The van der Waals surface area contributed by atoms with Crippen molar-refractivity contribution in [1.82, 2.24) is 9.78 Å². The molecule has 1 aromatic carbocycles. The Balaban J connectivity index is 1.32. The molecular formula is C24H28N4O4. The van der Waals surface area contributed by atoms with Gasteiger partial charge in [-0.3, -0.25) is 14.4 Å². The van der Waals surface area contributed by atoms with E-state index in [2.05, 4.69) is 5.10 Å². The lowest BCUT2D eigenvalue weighted by atomic mass is 10.0. The van der Waals surface area contributed by atoms with Gasteiger partial charge in [-0.2, -0.15) is 5.10 Å². The quantitative estimate of drug-likeness (QED) is 0.735. The molecule has 1 aromatic heterocycles. The second-order valence-corrected chi connectivity index (χ2v) is 9.69. The van der Waals surface area contributed by atoms with Crippen molar-refractivity contribution in [3.63, 3.8) is 0 Å². The molecule has 0 bridgehead atoms. The van der Waals surface area contributed by atoms with Crippen molar-refractivity contribution in [2.24, 2.45) is 11.8 Å². The molecule has 168 valence electrons. The number of nitrogens with zero attached hydrogens (tertiary/aromatic N) is 4. The lowest BCUT2D eigenvalue weighted by molar-refractivity contribution is -0.117. The van der Waals surface area contributed by atoms with Crippen LogP contribution in [0.25, 0.3) is 11.1 Å². The summed E-state index contributed by atoms with van der Waals surface area (Å²) in [5, 5.41) is 4.48. The molecule has 3 fully saturated rings. The van der Waals surface area contributed by atoms with Crippen LogP contribution >= 0.6 is 0 Å². The predicted molar refractivity (Wildman–Crippen MR) is 119 cm³/mol. The summed E-state index contributed by atoms with van der Waals surface area (Å²) in [6.45, 7) is 5.30. The zero-order chi connectivity index (χ0) is 22.0. The summed E-state index contributed by atoms with van der Waals surface area (Å²) >= 11 is 0. The number of ether oxygens (including phenoxy) is 2. The standard InChI is InChI=1S/C24H28N4O4/c1-14-10-26(24(30)32-21-6-17-5-18(17)7-21)23-8-16(3-4-22(23)28(14)15(2)29)19-9-25-27(11-19)20-12-31-13-20/h3-4,8-9,11,14,17-18,20-21H,5-7,10,12-13H2,1-2H3. The van der Waals surface area contributed by atoms with Crippen molar-refractivity contribution in [3.8, 4) is 11.1 Å². The lowest BCUT2D eigenvalue weighted by Gasteiger charge is -2.40. The first-order valence-electron chi connectivity index (χ1n) is 11.5. The van der Waals surface area contributed by atoms with Crippen LogP contribution in [0.4, 0.5) is 16.2 Å². The number of hydrogen-bond donors (Lipinski definition) is 0. The van der Waals surface area contributed by atoms with E-state index < -0.39 is 0 Å². The Morgan fingerprint density at radius 3 is 2.56 bits per heavy atom. The summed E-state index contributed by atoms with van der Waals surface area (Å²) < 4.78 is 13.1. The van der Waals surface area contributed by atoms with Crippen LogP contribution in [0.1, 0.15) is 39.2 Å². The molecular weight excluding hydrogens is 408 g/mol. The average Bonchev–Trinajstić information content (AvgIpc) is 3.09. The summed E-state index contributed by atoms with van der Waals surface area (Å²) in [7, 11) is 0. The molecule has 0 spiro atoms. The van der Waals surface area contributed by atoms with Crippen molar-refractivity contribution in [2.45, 2.75) is 51.3 Å². The van der Waals surface area contributed by atoms with E-state index in [1.807, 2.05) is 42.2 Å². The SMILES string of the molecule is CC(=O)N1c2ccc(-c3cnn(C4COC4)c3)cc2N(C(=O)OC2CC3CC3C2)CC1C. The van der Waals surface area contributed by atoms with E-state index in [1.54, 1.807) is 16.7 Å². The maximum Gasteiger partial charge on any atom is 0.414 e. The maximum absolute atomic E-state index is 13.2. The van der Waals surface area contributed by atoms with Crippen molar-refractivity contribution in [1.29, 1.82) is 0 Å². The van der Waals surface area contributed by atoms with Gasteiger partial charge >= 0.3 is 6.09 Å². The summed E-state index contributed by atoms with van der Waals surface area (Å²) in [6.07, 6.45) is 6.80. The highest BCUT2D eigenvalue weighted by atomic mass is 16.6. The second-order valence-electron chi connectivity index (χ2n) is 9.69. The van der Waals surface area contributed by atoms with Crippen LogP contribution in [0.5, 0.6) is 0 Å². The van der Waals surface area contributed by atoms with Gasteiger partial charge in [0, 0.05) is 25.2 Å². The Bertz CT molecular complexity index is 1070. The molecule has 8 heteroatoms. The molecule has 0 radical (unpaired) electrons. The monoisotopic (exact) mass is 436 g/mol. The molecule has 2 amide bonds. The van der Waals surface area contributed by atoms with E-state index in [0.29, 0.717) is 25.4 Å². The Labute approximate surface area is 187 Å². The third-order valence-corrected chi connectivity index (χ3v) is 7.37. The Morgan fingerprint density at radius 2 is 1.88 bits per heavy atom. The zero-order valence-electron chi connectivity index (χ0n) is 18.4. The molecule has 6 rings (SSSR count). The summed E-state index contributed by atoms with van der Waals surface area (Å²) in [6, 6.07) is 6.04. The molecule has 3 heterocycles. The Morgan fingerprint density at radius 1 is 1.09 bits per heavy atom. The molecule has 1 saturated heterocycles. The molecule has 3 atom stereocenters. The summed E-state index contributed by atoms with van der Waals surface area (Å²) in [5.74, 6) is 1.46. The highest BCUT2D eigenvalue weighted by Crippen LogP contribution is 2.52. The molecule has 3 unspecified atom stereocenters. The first-order valence-corrected chi connectivity index (χ1v) is 11.5. The highest BCUT2D eigenvalue weighted by molar-refractivity contribution is 6.03. The minimum Gasteiger partial charge on any atom is -0.446 e. The number of hydrogen-bond acceptors (Lipinski definition) is 5. The molecule has 8 nitrogen and oxygen atoms in total. The highest BCUT2D eigenvalue weighted by Gasteiger charge is 2.48. The van der Waals surface area contributed by atoms with Gasteiger partial charge in [0.2, 0.25) is 5.91 Å². The Hall–Kier alpha value is -2.87. The van der Waals surface area contributed by atoms with Crippen molar-refractivity contribution >= 4 is 23.4 Å². The van der Waals surface area contributed by atoms with Gasteiger partial charge in [0.05, 0.1) is 42.9 Å². The number of aromatic nitrogens is 2. The number of anilines is 2. The largest absolute Gasteiger partial charge is 0.446 e. The normalized spacial score (nSPS) is 28.7. The zero-order valence-corrected chi connectivity index (χ0v) is 18.4. The summed E-state index contributed by atoms with van der Waals surface area (Å²) in [4.78, 5) is 29.1. The number of fused-ring (bicyclic) bond motifs is 2. The lowest BCUT2D eigenvalue weighted by Crippen LogP contribution is -2.51. The minimum atomic E-state index is -0.313. The molecule has 32 heavy (non-hydrogen) atoms. The van der Waals surface area contributed by atoms with E-state index >= 15 is 0 Å². The predicted octanol–water partition coefficient (Wildman–Crippen LogP) is 3.62. The third kappa shape index (κ3) is 3.28. The third-order valence-electron chi connectivity index (χ3n) is 7.37. The Kier molecular flexibility index (Phi) is 4.54. The minimum absolute atomic E-state index is 0.0157. The van der Waals surface area contributed by atoms with Crippen LogP contribution in [-0.4, -0.2) is 53.7 Å². The topological polar surface area (TPSA) is 76.9 Å². The number of carbonyl (C=O) groups excluding carboxylic acids is 2. The van der Waals surface area contributed by atoms with Crippen LogP contribution in [0.3, 0.4) is 0 Å². The van der Waals surface area contributed by atoms with Crippen molar-refractivity contribution in [3.05, 3.63) is 30.6 Å². The van der Waals surface area contributed by atoms with Crippen LogP contribution in [0.15, 0.2) is 30.6 Å². The van der Waals surface area contributed by atoms with Crippen LogP contribution in [0.2, 0.25) is 0 Å². The fourth-order valence-electron chi connectivity index (χ4n) is 5.48. The van der Waals surface area contributed by atoms with Gasteiger partial charge in [-0.1, -0.05) is 6.07 Å². The van der Waals surface area contributed by atoms with E-state index in [-0.39, 0.29) is 30.2 Å². The van der Waals surface area contributed by atoms with Gasteiger partial charge in [0.15, 0.2) is 0 Å². The van der Waals surface area contributed by atoms with Crippen molar-refractivity contribution in [2.75, 3.05) is 29.6 Å². The molecule has 2 saturated carbocycles. The first kappa shape index (κ1) is 19.8. The molecule has 2 aromatic rings. The molecule has 2 aliphatic heterocycles. The fraction of sp³-hybridized carbons (Fsp3) is 0.542. The van der Waals surface area contributed by atoms with Gasteiger partial charge in [-0.05, 0) is 55.7 Å². The van der Waals surface area contributed by atoms with Crippen LogP contribution < -0.4 is 9.80 Å². The van der Waals surface area contributed by atoms with E-state index in [0.717, 1.165) is 41.5 Å². The molecule has 0 N–H and O–H groups in total. The summed E-state index contributed by atoms with van der Waals surface area (Å²) in [5.41, 5.74) is 3.37. The first-order chi connectivity index (χ1) is 15.5. The van der Waals surface area contributed by atoms with Gasteiger partial charge in [-0.15, -0.1) is 0 Å². The van der Waals surface area contributed by atoms with Gasteiger partial charge in [-0.25, -0.2) is 4.79 Å². The average molecular weight is 437 g/mol.